The van der Waals surface area contributed by atoms with Gasteiger partial charge in [-0.15, -0.1) is 0 Å². The number of hydrogen-bond acceptors (Lipinski definition) is 1. The molecule has 0 radical (unpaired) electrons. The van der Waals surface area contributed by atoms with E-state index in [0.717, 1.165) is 22.4 Å². The molecule has 0 atom stereocenters. The lowest BCUT2D eigenvalue weighted by molar-refractivity contribution is -0.608. The number of amidine groups is 1. The van der Waals surface area contributed by atoms with Crippen LogP contribution >= 0.6 is 0 Å². The summed E-state index contributed by atoms with van der Waals surface area (Å²) in [6.07, 6.45) is 4.52. The van der Waals surface area contributed by atoms with Crippen molar-refractivity contribution in [3.05, 3.63) is 41.4 Å². The standard InChI is InChI=1S/C10H13NO.CH4N2O.BF4/c1-3-6-9(2)10-7-4-5-8-11(10)12;2-1(3)4;2-1(3,4)5/h4-8H,3H2,1-2H3;(H4,2,3,4);/q;;-1/p+1/b9-6+;;. The van der Waals surface area contributed by atoms with Gasteiger partial charge in [0.05, 0.1) is 0 Å². The lowest BCUT2D eigenvalue weighted by Crippen LogP contribution is -2.45. The zero-order chi connectivity index (χ0) is 17.1. The quantitative estimate of drug-likeness (QED) is 0.190. The average Bonchev–Trinajstić information content (AvgIpc) is 2.26. The van der Waals surface area contributed by atoms with Gasteiger partial charge < -0.3 is 27.6 Å². The van der Waals surface area contributed by atoms with E-state index in [-0.39, 0.29) is 0 Å². The molecule has 120 valence electrons. The SMILES string of the molecule is CC/C=C(\C)c1cccc[n+]1[O-].F[B-](F)(F)F.NC(=[NH2+])O. The first-order valence-electron chi connectivity index (χ1n) is 5.78. The van der Waals surface area contributed by atoms with Gasteiger partial charge in [-0.2, -0.15) is 4.73 Å². The summed E-state index contributed by atoms with van der Waals surface area (Å²) in [5.74, 6) is 0. The van der Waals surface area contributed by atoms with E-state index < -0.39 is 13.3 Å². The van der Waals surface area contributed by atoms with Crippen LogP contribution in [0.1, 0.15) is 26.0 Å². The van der Waals surface area contributed by atoms with Crippen LogP contribution in [-0.2, 0) is 0 Å². The zero-order valence-electron chi connectivity index (χ0n) is 11.6. The van der Waals surface area contributed by atoms with Gasteiger partial charge in [0.15, 0.2) is 6.20 Å². The van der Waals surface area contributed by atoms with Gasteiger partial charge in [0.25, 0.3) is 0 Å². The first-order chi connectivity index (χ1) is 9.49. The molecule has 21 heavy (non-hydrogen) atoms. The number of aromatic nitrogens is 1. The molecule has 1 heterocycles. The smallest absolute Gasteiger partial charge is 0.618 e. The molecular weight excluding hydrogens is 293 g/mol. The summed E-state index contributed by atoms with van der Waals surface area (Å²) >= 11 is 0. The summed E-state index contributed by atoms with van der Waals surface area (Å²) in [5, 5.41) is 23.1. The number of rotatable bonds is 2. The van der Waals surface area contributed by atoms with E-state index in [1.165, 1.54) is 6.20 Å². The second-order valence-electron chi connectivity index (χ2n) is 3.63. The normalized spacial score (nSPS) is 10.7. The number of pyridine rings is 1. The van der Waals surface area contributed by atoms with Gasteiger partial charge >= 0.3 is 13.3 Å². The van der Waals surface area contributed by atoms with Gasteiger partial charge in [-0.25, -0.2) is 0 Å². The molecule has 0 amide bonds. The van der Waals surface area contributed by atoms with Crippen molar-refractivity contribution in [1.29, 1.82) is 0 Å². The molecule has 0 unspecified atom stereocenters. The second-order valence-corrected chi connectivity index (χ2v) is 3.63. The summed E-state index contributed by atoms with van der Waals surface area (Å²) in [6.45, 7) is 4.01. The maximum atomic E-state index is 11.2. The summed E-state index contributed by atoms with van der Waals surface area (Å²) in [4.78, 5) is 0. The number of aliphatic hydroxyl groups excluding tert-OH is 1. The van der Waals surface area contributed by atoms with E-state index in [2.05, 4.69) is 18.1 Å². The van der Waals surface area contributed by atoms with Gasteiger partial charge in [0.1, 0.15) is 0 Å². The molecule has 5 N–H and O–H groups in total. The molecule has 10 heteroatoms. The largest absolute Gasteiger partial charge is 0.673 e. The summed E-state index contributed by atoms with van der Waals surface area (Å²) in [6, 6.07) is 4.85. The third kappa shape index (κ3) is 17.7. The van der Waals surface area contributed by atoms with Crippen molar-refractivity contribution >= 4 is 18.8 Å². The van der Waals surface area contributed by atoms with E-state index in [1.807, 2.05) is 25.1 Å². The highest BCUT2D eigenvalue weighted by molar-refractivity contribution is 6.50. The first kappa shape index (κ1) is 21.1. The molecule has 0 spiro atoms. The zero-order valence-corrected chi connectivity index (χ0v) is 11.6. The van der Waals surface area contributed by atoms with Crippen molar-refractivity contribution in [3.8, 4) is 0 Å². The number of halogens is 4. The van der Waals surface area contributed by atoms with Crippen LogP contribution in [0, 0.1) is 5.21 Å². The molecular formula is C11H18BF4N3O2. The highest BCUT2D eigenvalue weighted by Crippen LogP contribution is 2.08. The van der Waals surface area contributed by atoms with Gasteiger partial charge in [0.2, 0.25) is 5.69 Å². The topological polar surface area (TPSA) is 98.8 Å². The lowest BCUT2D eigenvalue weighted by atomic mass is 10.1. The van der Waals surface area contributed by atoms with Crippen LogP contribution in [0.25, 0.3) is 5.57 Å². The van der Waals surface area contributed by atoms with Gasteiger partial charge in [-0.1, -0.05) is 13.0 Å². The molecule has 0 fully saturated rings. The highest BCUT2D eigenvalue weighted by atomic mass is 19.5. The Kier molecular flexibility index (Phi) is 10.5. The highest BCUT2D eigenvalue weighted by Gasteiger charge is 2.20. The summed E-state index contributed by atoms with van der Waals surface area (Å²) in [7, 11) is -6.00. The minimum absolute atomic E-state index is 0.583. The van der Waals surface area contributed by atoms with Crippen LogP contribution in [0.2, 0.25) is 0 Å². The van der Waals surface area contributed by atoms with Crippen LogP contribution in [0.4, 0.5) is 17.3 Å². The Morgan fingerprint density at radius 3 is 2.19 bits per heavy atom. The molecule has 0 saturated heterocycles. The minimum Gasteiger partial charge on any atom is -0.618 e. The minimum atomic E-state index is -6.00. The van der Waals surface area contributed by atoms with Gasteiger partial charge in [0, 0.05) is 17.7 Å². The molecule has 1 aromatic heterocycles. The number of nitrogens with zero attached hydrogens (tertiary/aromatic N) is 1. The van der Waals surface area contributed by atoms with Crippen LogP contribution in [0.15, 0.2) is 30.5 Å². The van der Waals surface area contributed by atoms with Crippen LogP contribution in [-0.4, -0.2) is 18.4 Å². The Balaban J connectivity index is 0. The molecule has 1 aromatic rings. The average molecular weight is 311 g/mol. The molecule has 1 rings (SSSR count). The van der Waals surface area contributed by atoms with Crippen LogP contribution < -0.4 is 15.9 Å². The van der Waals surface area contributed by atoms with Crippen molar-refractivity contribution in [3.63, 3.8) is 0 Å². The lowest BCUT2D eigenvalue weighted by Gasteiger charge is -2.02. The fraction of sp³-hybridized carbons (Fsp3) is 0.273. The molecule has 0 aliphatic rings. The predicted molar refractivity (Wildman–Crippen MR) is 73.3 cm³/mol. The van der Waals surface area contributed by atoms with E-state index in [9.17, 15) is 22.5 Å². The Hall–Kier alpha value is -2.26. The van der Waals surface area contributed by atoms with Crippen molar-refractivity contribution in [1.82, 2.24) is 0 Å². The Bertz CT molecular complexity index is 457. The van der Waals surface area contributed by atoms with Crippen molar-refractivity contribution in [2.75, 3.05) is 0 Å². The molecule has 0 aliphatic heterocycles. The fourth-order valence-electron chi connectivity index (χ4n) is 1.14. The van der Waals surface area contributed by atoms with Crippen molar-refractivity contribution in [2.45, 2.75) is 20.3 Å². The Morgan fingerprint density at radius 2 is 1.86 bits per heavy atom. The predicted octanol–water partition coefficient (Wildman–Crippen LogP) is 1.05. The van der Waals surface area contributed by atoms with Crippen LogP contribution in [0.3, 0.4) is 0 Å². The van der Waals surface area contributed by atoms with E-state index in [0.29, 0.717) is 0 Å². The van der Waals surface area contributed by atoms with E-state index in [1.54, 1.807) is 6.07 Å². The van der Waals surface area contributed by atoms with E-state index in [4.69, 9.17) is 5.11 Å². The maximum absolute atomic E-state index is 11.2. The monoisotopic (exact) mass is 311 g/mol. The Labute approximate surface area is 119 Å². The summed E-state index contributed by atoms with van der Waals surface area (Å²) in [5.41, 5.74) is 6.13. The first-order valence-corrected chi connectivity index (χ1v) is 5.78. The summed E-state index contributed by atoms with van der Waals surface area (Å²) < 4.78 is 39.9. The van der Waals surface area contributed by atoms with Crippen molar-refractivity contribution < 1.29 is 32.5 Å². The third-order valence-corrected chi connectivity index (χ3v) is 1.74. The second kappa shape index (κ2) is 10.5. The number of hydrogen-bond donors (Lipinski definition) is 3. The fourth-order valence-corrected chi connectivity index (χ4v) is 1.14. The Morgan fingerprint density at radius 1 is 1.43 bits per heavy atom. The third-order valence-electron chi connectivity index (χ3n) is 1.74. The number of nitrogens with two attached hydrogens (primary N) is 2. The molecule has 0 aliphatic carbocycles. The van der Waals surface area contributed by atoms with Crippen LogP contribution in [0.5, 0.6) is 0 Å². The van der Waals surface area contributed by atoms with Crippen molar-refractivity contribution in [2.24, 2.45) is 5.73 Å². The van der Waals surface area contributed by atoms with E-state index >= 15 is 0 Å². The molecule has 5 nitrogen and oxygen atoms in total. The maximum Gasteiger partial charge on any atom is 0.673 e. The van der Waals surface area contributed by atoms with Gasteiger partial charge in [-0.3, -0.25) is 11.1 Å². The molecule has 0 aromatic carbocycles. The number of allylic oxidation sites excluding steroid dienone is 2. The van der Waals surface area contributed by atoms with Gasteiger partial charge in [-0.05, 0) is 19.4 Å². The molecule has 0 saturated carbocycles. The number of aliphatic hydroxyl groups is 1. The molecule has 0 bridgehead atoms.